The van der Waals surface area contributed by atoms with Crippen LogP contribution in [0.15, 0.2) is 23.3 Å². The Hall–Kier alpha value is -1.34. The normalized spacial score (nSPS) is 18.5. The third-order valence-electron chi connectivity index (χ3n) is 3.71. The van der Waals surface area contributed by atoms with Crippen molar-refractivity contribution in [3.63, 3.8) is 0 Å². The third-order valence-corrected chi connectivity index (χ3v) is 4.23. The van der Waals surface area contributed by atoms with Crippen LogP contribution in [-0.4, -0.2) is 10.8 Å². The summed E-state index contributed by atoms with van der Waals surface area (Å²) in [6.07, 6.45) is -0.461. The number of benzene rings is 1. The predicted octanol–water partition coefficient (Wildman–Crippen LogP) is 5.21. The number of hydrazone groups is 1. The van der Waals surface area contributed by atoms with Gasteiger partial charge in [0, 0.05) is 5.71 Å². The summed E-state index contributed by atoms with van der Waals surface area (Å²) in [4.78, 5) is 0. The number of thiocarbonyl (C=S) groups is 1. The van der Waals surface area contributed by atoms with E-state index in [4.69, 9.17) is 23.8 Å². The summed E-state index contributed by atoms with van der Waals surface area (Å²) >= 11 is 11.0. The lowest BCUT2D eigenvalue weighted by Gasteiger charge is -2.19. The van der Waals surface area contributed by atoms with E-state index < -0.39 is 11.7 Å². The second-order valence-electron chi connectivity index (χ2n) is 5.62. The maximum absolute atomic E-state index is 12.7. The summed E-state index contributed by atoms with van der Waals surface area (Å²) in [6.45, 7) is 2.20. The van der Waals surface area contributed by atoms with Gasteiger partial charge in [0.25, 0.3) is 0 Å². The number of hydrogen-bond donors (Lipinski definition) is 2. The van der Waals surface area contributed by atoms with Crippen LogP contribution in [0.2, 0.25) is 5.02 Å². The van der Waals surface area contributed by atoms with Crippen molar-refractivity contribution in [3.05, 3.63) is 28.8 Å². The largest absolute Gasteiger partial charge is 0.416 e. The highest BCUT2D eigenvalue weighted by Crippen LogP contribution is 2.33. The molecule has 1 aromatic rings. The van der Waals surface area contributed by atoms with Gasteiger partial charge in [0.2, 0.25) is 0 Å². The minimum Gasteiger partial charge on any atom is -0.330 e. The number of nitrogens with zero attached hydrogens (tertiary/aromatic N) is 1. The Bertz CT molecular complexity index is 606. The fourth-order valence-electron chi connectivity index (χ4n) is 2.28. The van der Waals surface area contributed by atoms with Crippen molar-refractivity contribution < 1.29 is 13.2 Å². The summed E-state index contributed by atoms with van der Waals surface area (Å²) in [6, 6.07) is 3.03. The standard InChI is InChI=1S/C15H17ClF3N3S/c1-9-2-5-11(6-3-9)21-22-14(23)20-13-8-10(15(17,18)19)4-7-12(13)16/h4,7-9H,2-3,5-6H2,1H3,(H2,20,22,23). The molecule has 1 fully saturated rings. The van der Waals surface area contributed by atoms with Gasteiger partial charge in [0.15, 0.2) is 5.11 Å². The van der Waals surface area contributed by atoms with Crippen molar-refractivity contribution in [1.29, 1.82) is 0 Å². The minimum atomic E-state index is -4.44. The van der Waals surface area contributed by atoms with E-state index in [2.05, 4.69) is 22.8 Å². The molecule has 0 atom stereocenters. The zero-order valence-corrected chi connectivity index (χ0v) is 14.1. The highest BCUT2D eigenvalue weighted by Gasteiger charge is 2.31. The highest BCUT2D eigenvalue weighted by molar-refractivity contribution is 7.80. The van der Waals surface area contributed by atoms with E-state index in [9.17, 15) is 13.2 Å². The van der Waals surface area contributed by atoms with E-state index >= 15 is 0 Å². The summed E-state index contributed by atoms with van der Waals surface area (Å²) in [7, 11) is 0. The molecule has 1 aliphatic rings. The zero-order valence-electron chi connectivity index (χ0n) is 12.5. The fourth-order valence-corrected chi connectivity index (χ4v) is 2.61. The molecule has 23 heavy (non-hydrogen) atoms. The van der Waals surface area contributed by atoms with Crippen LogP contribution in [0.1, 0.15) is 38.2 Å². The maximum atomic E-state index is 12.7. The van der Waals surface area contributed by atoms with Crippen molar-refractivity contribution in [1.82, 2.24) is 5.43 Å². The van der Waals surface area contributed by atoms with Crippen LogP contribution >= 0.6 is 23.8 Å². The van der Waals surface area contributed by atoms with Crippen LogP contribution in [0.25, 0.3) is 0 Å². The average Bonchev–Trinajstić information content (AvgIpc) is 2.48. The lowest BCUT2D eigenvalue weighted by Crippen LogP contribution is -2.26. The van der Waals surface area contributed by atoms with Gasteiger partial charge in [-0.2, -0.15) is 18.3 Å². The van der Waals surface area contributed by atoms with Gasteiger partial charge >= 0.3 is 6.18 Å². The predicted molar refractivity (Wildman–Crippen MR) is 90.9 cm³/mol. The first-order valence-corrected chi connectivity index (χ1v) is 8.03. The Morgan fingerprint density at radius 2 is 1.96 bits per heavy atom. The number of hydrogen-bond acceptors (Lipinski definition) is 2. The molecule has 1 aliphatic carbocycles. The Labute approximate surface area is 143 Å². The van der Waals surface area contributed by atoms with Gasteiger partial charge in [-0.3, -0.25) is 5.43 Å². The average molecular weight is 364 g/mol. The minimum absolute atomic E-state index is 0.0939. The van der Waals surface area contributed by atoms with Gasteiger partial charge in [-0.15, -0.1) is 0 Å². The van der Waals surface area contributed by atoms with Gasteiger partial charge in [-0.25, -0.2) is 0 Å². The summed E-state index contributed by atoms with van der Waals surface area (Å²) in [5, 5.41) is 7.13. The van der Waals surface area contributed by atoms with Crippen molar-refractivity contribution >= 4 is 40.3 Å². The monoisotopic (exact) mass is 363 g/mol. The number of anilines is 1. The van der Waals surface area contributed by atoms with E-state index in [1.165, 1.54) is 6.07 Å². The molecule has 3 nitrogen and oxygen atoms in total. The highest BCUT2D eigenvalue weighted by atomic mass is 35.5. The zero-order chi connectivity index (χ0) is 17.0. The summed E-state index contributed by atoms with van der Waals surface area (Å²) < 4.78 is 38.2. The second-order valence-corrected chi connectivity index (χ2v) is 6.43. The van der Waals surface area contributed by atoms with Crippen molar-refractivity contribution in [2.45, 2.75) is 38.8 Å². The van der Waals surface area contributed by atoms with Gasteiger partial charge < -0.3 is 5.32 Å². The molecule has 0 unspecified atom stereocenters. The van der Waals surface area contributed by atoms with Crippen LogP contribution in [0.5, 0.6) is 0 Å². The molecular formula is C15H17ClF3N3S. The number of halogens is 4. The smallest absolute Gasteiger partial charge is 0.330 e. The molecule has 1 saturated carbocycles. The second kappa shape index (κ2) is 7.49. The van der Waals surface area contributed by atoms with Gasteiger partial charge in [0.1, 0.15) is 0 Å². The number of nitrogens with one attached hydrogen (secondary N) is 2. The van der Waals surface area contributed by atoms with Crippen molar-refractivity contribution in [3.8, 4) is 0 Å². The molecule has 0 aromatic heterocycles. The van der Waals surface area contributed by atoms with Gasteiger partial charge in [-0.05, 0) is 62.0 Å². The molecule has 0 spiro atoms. The molecule has 2 rings (SSSR count). The SMILES string of the molecule is CC1CCC(=NNC(=S)Nc2cc(C(F)(F)F)ccc2Cl)CC1. The molecule has 0 aliphatic heterocycles. The molecule has 126 valence electrons. The summed E-state index contributed by atoms with van der Waals surface area (Å²) in [5.41, 5.74) is 2.99. The van der Waals surface area contributed by atoms with Gasteiger partial charge in [-0.1, -0.05) is 18.5 Å². The number of rotatable bonds is 2. The van der Waals surface area contributed by atoms with E-state index in [0.29, 0.717) is 5.92 Å². The quantitative estimate of drug-likeness (QED) is 0.559. The van der Waals surface area contributed by atoms with Crippen LogP contribution in [-0.2, 0) is 6.18 Å². The van der Waals surface area contributed by atoms with Crippen LogP contribution in [0, 0.1) is 5.92 Å². The van der Waals surface area contributed by atoms with Crippen LogP contribution < -0.4 is 10.7 Å². The van der Waals surface area contributed by atoms with E-state index in [1.807, 2.05) is 0 Å². The Morgan fingerprint density at radius 3 is 2.57 bits per heavy atom. The van der Waals surface area contributed by atoms with Crippen molar-refractivity contribution in [2.75, 3.05) is 5.32 Å². The topological polar surface area (TPSA) is 36.4 Å². The summed E-state index contributed by atoms with van der Waals surface area (Å²) in [5.74, 6) is 0.697. The molecule has 8 heteroatoms. The Balaban J connectivity index is 1.99. The first-order valence-electron chi connectivity index (χ1n) is 7.25. The van der Waals surface area contributed by atoms with Crippen LogP contribution in [0.3, 0.4) is 0 Å². The Kier molecular flexibility index (Phi) is 5.86. The van der Waals surface area contributed by atoms with Crippen LogP contribution in [0.4, 0.5) is 18.9 Å². The molecule has 0 amide bonds. The Morgan fingerprint density at radius 1 is 1.30 bits per heavy atom. The first kappa shape index (κ1) is 18.0. The van der Waals surface area contributed by atoms with E-state index in [1.54, 1.807) is 0 Å². The molecule has 0 saturated heterocycles. The van der Waals surface area contributed by atoms with E-state index in [-0.39, 0.29) is 15.8 Å². The molecule has 1 aromatic carbocycles. The maximum Gasteiger partial charge on any atom is 0.416 e. The first-order chi connectivity index (χ1) is 10.8. The molecule has 2 N–H and O–H groups in total. The number of alkyl halides is 3. The lowest BCUT2D eigenvalue weighted by atomic mass is 9.90. The fraction of sp³-hybridized carbons (Fsp3) is 0.467. The third kappa shape index (κ3) is 5.35. The molecule has 0 heterocycles. The lowest BCUT2D eigenvalue weighted by molar-refractivity contribution is -0.137. The molecular weight excluding hydrogens is 347 g/mol. The molecule has 0 bridgehead atoms. The van der Waals surface area contributed by atoms with E-state index in [0.717, 1.165) is 43.5 Å². The van der Waals surface area contributed by atoms with Crippen molar-refractivity contribution in [2.24, 2.45) is 11.0 Å². The van der Waals surface area contributed by atoms with Gasteiger partial charge in [0.05, 0.1) is 16.3 Å². The molecule has 0 radical (unpaired) electrons.